The third-order valence-electron chi connectivity index (χ3n) is 2.18. The lowest BCUT2D eigenvalue weighted by atomic mass is 9.91. The molecule has 1 saturated carbocycles. The minimum absolute atomic E-state index is 0.0422. The van der Waals surface area contributed by atoms with E-state index >= 15 is 0 Å². The lowest BCUT2D eigenvalue weighted by molar-refractivity contribution is -0.116. The number of halogens is 1. The van der Waals surface area contributed by atoms with Crippen LogP contribution in [-0.4, -0.2) is 3.79 Å². The molecule has 0 aromatic heterocycles. The molecule has 0 atom stereocenters. The Bertz CT molecular complexity index is 125. The van der Waals surface area contributed by atoms with Crippen molar-refractivity contribution >= 4 is 26.4 Å². The van der Waals surface area contributed by atoms with Crippen LogP contribution in [0.3, 0.4) is 0 Å². The summed E-state index contributed by atoms with van der Waals surface area (Å²) in [5, 5.41) is 0. The average molecular weight is 238 g/mol. The zero-order chi connectivity index (χ0) is 6.91. The van der Waals surface area contributed by atoms with Gasteiger partial charge in [-0.2, -0.15) is 0 Å². The van der Waals surface area contributed by atoms with Gasteiger partial charge in [0, 0.05) is 28.0 Å². The molecule has 0 bridgehead atoms. The molecule has 0 heterocycles. The van der Waals surface area contributed by atoms with Crippen molar-refractivity contribution in [1.82, 2.24) is 0 Å². The van der Waals surface area contributed by atoms with Crippen LogP contribution >= 0.6 is 22.6 Å². The van der Waals surface area contributed by atoms with E-state index in [-0.39, 0.29) is 5.41 Å². The molecule has 0 radical (unpaired) electrons. The molecule has 1 fully saturated rings. The molecule has 0 amide bonds. The zero-order valence-corrected chi connectivity index (χ0v) is 7.77. The van der Waals surface area contributed by atoms with Crippen LogP contribution in [0.1, 0.15) is 32.6 Å². The van der Waals surface area contributed by atoms with Gasteiger partial charge in [0.25, 0.3) is 0 Å². The molecule has 52 valence electrons. The monoisotopic (exact) mass is 238 g/mol. The summed E-state index contributed by atoms with van der Waals surface area (Å²) in [6.45, 7) is 2.08. The summed E-state index contributed by atoms with van der Waals surface area (Å²) < 4.78 is 0.345. The first-order chi connectivity index (χ1) is 4.15. The molecule has 9 heavy (non-hydrogen) atoms. The Morgan fingerprint density at radius 3 is 2.11 bits per heavy atom. The molecule has 0 aromatic carbocycles. The molecule has 0 N–H and O–H groups in total. The van der Waals surface area contributed by atoms with Crippen LogP contribution in [0.5, 0.6) is 0 Å². The molecule has 0 spiro atoms. The number of hydrogen-bond donors (Lipinski definition) is 0. The minimum Gasteiger partial charge on any atom is -0.287 e. The Morgan fingerprint density at radius 2 is 1.89 bits per heavy atom. The number of carbonyl (C=O) groups excluding carboxylic acids is 1. The predicted molar refractivity (Wildman–Crippen MR) is 45.6 cm³/mol. The quantitative estimate of drug-likeness (QED) is 0.506. The van der Waals surface area contributed by atoms with Crippen molar-refractivity contribution in [2.24, 2.45) is 5.41 Å². The van der Waals surface area contributed by atoms with Crippen LogP contribution in [0, 0.1) is 5.41 Å². The summed E-state index contributed by atoms with van der Waals surface area (Å²) in [6.07, 6.45) is 4.69. The van der Waals surface area contributed by atoms with Crippen molar-refractivity contribution in [1.29, 1.82) is 0 Å². The van der Waals surface area contributed by atoms with Crippen molar-refractivity contribution in [3.63, 3.8) is 0 Å². The van der Waals surface area contributed by atoms with E-state index in [9.17, 15) is 4.79 Å². The molecular weight excluding hydrogens is 227 g/mol. The second-order valence-corrected chi connectivity index (χ2v) is 4.02. The van der Waals surface area contributed by atoms with Crippen LogP contribution in [-0.2, 0) is 4.79 Å². The Hall–Kier alpha value is 0.400. The zero-order valence-electron chi connectivity index (χ0n) is 5.61. The summed E-state index contributed by atoms with van der Waals surface area (Å²) in [5.74, 6) is 0. The highest BCUT2D eigenvalue weighted by atomic mass is 127. The van der Waals surface area contributed by atoms with E-state index in [0.29, 0.717) is 3.79 Å². The van der Waals surface area contributed by atoms with Crippen LogP contribution < -0.4 is 0 Å². The van der Waals surface area contributed by atoms with Crippen LogP contribution in [0.25, 0.3) is 0 Å². The summed E-state index contributed by atoms with van der Waals surface area (Å²) in [7, 11) is 0. The number of hydrogen-bond acceptors (Lipinski definition) is 1. The molecule has 2 heteroatoms. The summed E-state index contributed by atoms with van der Waals surface area (Å²) in [5.41, 5.74) is 0.0422. The second kappa shape index (κ2) is 2.56. The highest BCUT2D eigenvalue weighted by Gasteiger charge is 2.33. The molecule has 1 aliphatic rings. The molecule has 1 rings (SSSR count). The van der Waals surface area contributed by atoms with Crippen molar-refractivity contribution < 1.29 is 4.79 Å². The lowest BCUT2D eigenvalue weighted by Crippen LogP contribution is -2.18. The summed E-state index contributed by atoms with van der Waals surface area (Å²) in [4.78, 5) is 11.0. The average Bonchev–Trinajstić information content (AvgIpc) is 2.16. The predicted octanol–water partition coefficient (Wildman–Crippen LogP) is 2.53. The first-order valence-corrected chi connectivity index (χ1v) is 4.43. The van der Waals surface area contributed by atoms with Gasteiger partial charge in [-0.3, -0.25) is 4.79 Å². The van der Waals surface area contributed by atoms with Gasteiger partial charge in [-0.05, 0) is 12.8 Å². The minimum atomic E-state index is 0.0422. The Morgan fingerprint density at radius 1 is 1.44 bits per heavy atom. The third-order valence-corrected chi connectivity index (χ3v) is 3.48. The molecule has 1 aliphatic carbocycles. The van der Waals surface area contributed by atoms with Crippen LogP contribution in [0.4, 0.5) is 0 Å². The summed E-state index contributed by atoms with van der Waals surface area (Å²) >= 11 is 1.92. The van der Waals surface area contributed by atoms with E-state index in [0.717, 1.165) is 12.8 Å². The lowest BCUT2D eigenvalue weighted by Gasteiger charge is -2.16. The van der Waals surface area contributed by atoms with Crippen molar-refractivity contribution in [3.05, 3.63) is 0 Å². The van der Waals surface area contributed by atoms with Gasteiger partial charge in [-0.15, -0.1) is 0 Å². The van der Waals surface area contributed by atoms with Gasteiger partial charge >= 0.3 is 0 Å². The van der Waals surface area contributed by atoms with Crippen molar-refractivity contribution in [2.75, 3.05) is 0 Å². The van der Waals surface area contributed by atoms with Crippen LogP contribution in [0.2, 0.25) is 0 Å². The van der Waals surface area contributed by atoms with Gasteiger partial charge in [0.1, 0.15) is 0 Å². The number of rotatable bonds is 1. The fraction of sp³-hybridized carbons (Fsp3) is 0.857. The van der Waals surface area contributed by atoms with Gasteiger partial charge in [0.15, 0.2) is 3.79 Å². The summed E-state index contributed by atoms with van der Waals surface area (Å²) in [6, 6.07) is 0. The normalized spacial score (nSPS) is 24.2. The van der Waals surface area contributed by atoms with Gasteiger partial charge in [0.2, 0.25) is 0 Å². The first-order valence-electron chi connectivity index (χ1n) is 3.35. The Labute approximate surface area is 69.3 Å². The molecule has 0 aromatic rings. The fourth-order valence-electron chi connectivity index (χ4n) is 1.35. The van der Waals surface area contributed by atoms with Gasteiger partial charge in [0.05, 0.1) is 0 Å². The van der Waals surface area contributed by atoms with Crippen molar-refractivity contribution in [3.8, 4) is 0 Å². The molecular formula is C7H11IO. The fourth-order valence-corrected chi connectivity index (χ4v) is 1.89. The maximum absolute atomic E-state index is 11.0. The van der Waals surface area contributed by atoms with E-state index < -0.39 is 0 Å². The highest BCUT2D eigenvalue weighted by Crippen LogP contribution is 2.39. The molecule has 1 nitrogen and oxygen atoms in total. The molecule has 0 unspecified atom stereocenters. The van der Waals surface area contributed by atoms with Gasteiger partial charge < -0.3 is 0 Å². The SMILES string of the molecule is CC1(C(=O)I)CCCC1. The first kappa shape index (κ1) is 7.51. The smallest absolute Gasteiger partial charge is 0.198 e. The van der Waals surface area contributed by atoms with Gasteiger partial charge in [-0.1, -0.05) is 19.8 Å². The second-order valence-electron chi connectivity index (χ2n) is 3.04. The Balaban J connectivity index is 2.61. The molecule has 0 aliphatic heterocycles. The van der Waals surface area contributed by atoms with E-state index in [1.807, 2.05) is 22.6 Å². The largest absolute Gasteiger partial charge is 0.287 e. The standard InChI is InChI=1S/C7H11IO/c1-7(6(8)9)4-2-3-5-7/h2-5H2,1H3. The third kappa shape index (κ3) is 1.45. The van der Waals surface area contributed by atoms with E-state index in [1.165, 1.54) is 12.8 Å². The van der Waals surface area contributed by atoms with Crippen molar-refractivity contribution in [2.45, 2.75) is 32.6 Å². The van der Waals surface area contributed by atoms with E-state index in [4.69, 9.17) is 0 Å². The molecule has 0 saturated heterocycles. The van der Waals surface area contributed by atoms with E-state index in [2.05, 4.69) is 6.92 Å². The maximum Gasteiger partial charge on any atom is 0.198 e. The number of carbonyl (C=O) groups is 1. The van der Waals surface area contributed by atoms with Crippen LogP contribution in [0.15, 0.2) is 0 Å². The maximum atomic E-state index is 11.0. The highest BCUT2D eigenvalue weighted by molar-refractivity contribution is 14.1. The van der Waals surface area contributed by atoms with Gasteiger partial charge in [-0.25, -0.2) is 0 Å². The van der Waals surface area contributed by atoms with E-state index in [1.54, 1.807) is 0 Å². The topological polar surface area (TPSA) is 17.1 Å². The Kier molecular flexibility index (Phi) is 2.14.